The normalized spacial score (nSPS) is 10.2. The molecule has 2 rings (SSSR count). The first-order valence-corrected chi connectivity index (χ1v) is 5.83. The van der Waals surface area contributed by atoms with E-state index in [1.54, 1.807) is 32.3 Å². The van der Waals surface area contributed by atoms with E-state index in [1.165, 1.54) is 6.92 Å². The van der Waals surface area contributed by atoms with Crippen LogP contribution in [0.1, 0.15) is 11.4 Å². The molecule has 0 aliphatic heterocycles. The number of aryl methyl sites for hydroxylation is 2. The van der Waals surface area contributed by atoms with Gasteiger partial charge in [0.25, 0.3) is 0 Å². The first-order valence-electron chi connectivity index (χ1n) is 5.83. The molecule has 0 aliphatic rings. The lowest BCUT2D eigenvalue weighted by atomic mass is 10.3. The number of ether oxygens (including phenoxy) is 1. The van der Waals surface area contributed by atoms with E-state index in [-0.39, 0.29) is 23.2 Å². The van der Waals surface area contributed by atoms with Crippen molar-refractivity contribution in [1.82, 2.24) is 15.0 Å². The van der Waals surface area contributed by atoms with Crippen LogP contribution in [0.2, 0.25) is 0 Å². The summed E-state index contributed by atoms with van der Waals surface area (Å²) in [6.07, 6.45) is 1.61. The van der Waals surface area contributed by atoms with Gasteiger partial charge in [0.2, 0.25) is 5.95 Å². The fourth-order valence-corrected chi connectivity index (χ4v) is 1.62. The van der Waals surface area contributed by atoms with Crippen molar-refractivity contribution >= 4 is 11.6 Å². The Kier molecular flexibility index (Phi) is 3.74. The van der Waals surface area contributed by atoms with E-state index in [0.29, 0.717) is 11.4 Å². The van der Waals surface area contributed by atoms with Crippen LogP contribution in [-0.2, 0) is 0 Å². The third kappa shape index (κ3) is 2.63. The summed E-state index contributed by atoms with van der Waals surface area (Å²) in [5.41, 5.74) is 0.585. The van der Waals surface area contributed by atoms with Gasteiger partial charge in [0.15, 0.2) is 5.75 Å². The molecule has 0 bridgehead atoms. The fraction of sp³-hybridized carbons (Fsp3) is 0.250. The summed E-state index contributed by atoms with van der Waals surface area (Å²) in [7, 11) is 1.62. The lowest BCUT2D eigenvalue weighted by Gasteiger charge is -2.09. The summed E-state index contributed by atoms with van der Waals surface area (Å²) in [6, 6.07) is 3.35. The molecule has 0 saturated carbocycles. The van der Waals surface area contributed by atoms with Crippen LogP contribution < -0.4 is 10.1 Å². The maximum atomic E-state index is 11.1. The highest BCUT2D eigenvalue weighted by atomic mass is 16.6. The molecule has 8 heteroatoms. The van der Waals surface area contributed by atoms with Crippen molar-refractivity contribution < 1.29 is 9.66 Å². The molecule has 0 unspecified atom stereocenters. The van der Waals surface area contributed by atoms with Crippen molar-refractivity contribution in [3.63, 3.8) is 0 Å². The summed E-state index contributed by atoms with van der Waals surface area (Å²) in [5.74, 6) is 0.559. The second kappa shape index (κ2) is 5.47. The minimum Gasteiger partial charge on any atom is -0.432 e. The fourth-order valence-electron chi connectivity index (χ4n) is 1.62. The van der Waals surface area contributed by atoms with E-state index < -0.39 is 4.92 Å². The van der Waals surface area contributed by atoms with Crippen LogP contribution in [0, 0.1) is 24.0 Å². The van der Waals surface area contributed by atoms with Gasteiger partial charge in [-0.1, -0.05) is 0 Å². The van der Waals surface area contributed by atoms with Gasteiger partial charge in [0.05, 0.1) is 10.6 Å². The topological polar surface area (TPSA) is 103 Å². The second-order valence-corrected chi connectivity index (χ2v) is 3.98. The third-order valence-electron chi connectivity index (χ3n) is 2.60. The highest BCUT2D eigenvalue weighted by Crippen LogP contribution is 2.32. The molecule has 0 aromatic carbocycles. The summed E-state index contributed by atoms with van der Waals surface area (Å²) in [6.45, 7) is 3.28. The molecule has 0 spiro atoms. The number of hydrogen-bond donors (Lipinski definition) is 1. The number of pyridine rings is 1. The Balaban J connectivity index is 2.52. The van der Waals surface area contributed by atoms with E-state index >= 15 is 0 Å². The minimum atomic E-state index is -0.560. The quantitative estimate of drug-likeness (QED) is 0.674. The van der Waals surface area contributed by atoms with Crippen molar-refractivity contribution in [2.24, 2.45) is 0 Å². The highest BCUT2D eigenvalue weighted by molar-refractivity contribution is 5.50. The smallest absolute Gasteiger partial charge is 0.352 e. The molecular weight excluding hydrogens is 262 g/mol. The Hall–Kier alpha value is -2.77. The SMILES string of the molecule is CNc1nc(C)c([N+](=O)[O-])c(Oc2cccnc2C)n1. The lowest BCUT2D eigenvalue weighted by Crippen LogP contribution is -2.05. The number of aromatic nitrogens is 3. The van der Waals surface area contributed by atoms with E-state index in [0.717, 1.165) is 0 Å². The predicted molar refractivity (Wildman–Crippen MR) is 72.0 cm³/mol. The van der Waals surface area contributed by atoms with Gasteiger partial charge in [0.1, 0.15) is 5.69 Å². The maximum absolute atomic E-state index is 11.1. The molecule has 0 radical (unpaired) electrons. The van der Waals surface area contributed by atoms with Gasteiger partial charge in [-0.3, -0.25) is 15.1 Å². The minimum absolute atomic E-state index is 0.108. The van der Waals surface area contributed by atoms with Crippen molar-refractivity contribution in [2.75, 3.05) is 12.4 Å². The Morgan fingerprint density at radius 2 is 2.05 bits per heavy atom. The lowest BCUT2D eigenvalue weighted by molar-refractivity contribution is -0.386. The zero-order chi connectivity index (χ0) is 14.7. The molecule has 2 aromatic rings. The van der Waals surface area contributed by atoms with E-state index in [9.17, 15) is 10.1 Å². The Bertz CT molecular complexity index is 660. The molecule has 1 N–H and O–H groups in total. The molecule has 0 amide bonds. The summed E-state index contributed by atoms with van der Waals surface area (Å²) < 4.78 is 5.53. The van der Waals surface area contributed by atoms with Crippen LogP contribution in [0.15, 0.2) is 18.3 Å². The number of hydrogen-bond acceptors (Lipinski definition) is 7. The van der Waals surface area contributed by atoms with Gasteiger partial charge in [-0.15, -0.1) is 0 Å². The maximum Gasteiger partial charge on any atom is 0.352 e. The monoisotopic (exact) mass is 275 g/mol. The van der Waals surface area contributed by atoms with Gasteiger partial charge in [-0.2, -0.15) is 4.98 Å². The largest absolute Gasteiger partial charge is 0.432 e. The van der Waals surface area contributed by atoms with E-state index in [2.05, 4.69) is 20.3 Å². The average molecular weight is 275 g/mol. The van der Waals surface area contributed by atoms with Gasteiger partial charge >= 0.3 is 11.6 Å². The van der Waals surface area contributed by atoms with Crippen LogP contribution in [0.5, 0.6) is 11.6 Å². The molecule has 104 valence electrons. The third-order valence-corrected chi connectivity index (χ3v) is 2.60. The van der Waals surface area contributed by atoms with Crippen LogP contribution in [0.25, 0.3) is 0 Å². The van der Waals surface area contributed by atoms with Gasteiger partial charge in [-0.05, 0) is 26.0 Å². The van der Waals surface area contributed by atoms with E-state index in [4.69, 9.17) is 4.74 Å². The molecule has 20 heavy (non-hydrogen) atoms. The Labute approximate surface area is 115 Å². The van der Waals surface area contributed by atoms with Crippen molar-refractivity contribution in [3.05, 3.63) is 39.8 Å². The molecular formula is C12H13N5O3. The summed E-state index contributed by atoms with van der Waals surface area (Å²) >= 11 is 0. The first kappa shape index (κ1) is 13.7. The molecule has 2 heterocycles. The predicted octanol–water partition coefficient (Wildman–Crippen LogP) is 2.23. The molecule has 0 saturated heterocycles. The van der Waals surface area contributed by atoms with Gasteiger partial charge in [-0.25, -0.2) is 4.98 Å². The van der Waals surface area contributed by atoms with Crippen LogP contribution in [0.3, 0.4) is 0 Å². The van der Waals surface area contributed by atoms with Crippen LogP contribution in [0.4, 0.5) is 11.6 Å². The zero-order valence-electron chi connectivity index (χ0n) is 11.2. The molecule has 0 aliphatic carbocycles. The molecule has 2 aromatic heterocycles. The van der Waals surface area contributed by atoms with Crippen LogP contribution in [-0.4, -0.2) is 26.9 Å². The van der Waals surface area contributed by atoms with Gasteiger partial charge in [0, 0.05) is 13.2 Å². The zero-order valence-corrected chi connectivity index (χ0v) is 11.2. The number of nitrogens with one attached hydrogen (secondary N) is 1. The second-order valence-electron chi connectivity index (χ2n) is 3.98. The number of anilines is 1. The van der Waals surface area contributed by atoms with Crippen LogP contribution >= 0.6 is 0 Å². The number of nitro groups is 1. The average Bonchev–Trinajstić information content (AvgIpc) is 2.40. The molecule has 0 atom stereocenters. The van der Waals surface area contributed by atoms with Crippen molar-refractivity contribution in [3.8, 4) is 11.6 Å². The molecule has 0 fully saturated rings. The number of nitrogens with zero attached hydrogens (tertiary/aromatic N) is 4. The van der Waals surface area contributed by atoms with E-state index in [1.807, 2.05) is 0 Å². The summed E-state index contributed by atoms with van der Waals surface area (Å²) in [5, 5.41) is 13.9. The standard InChI is InChI=1S/C12H13N5O3/c1-7-9(5-4-6-14-7)20-11-10(17(18)19)8(2)15-12(13-3)16-11/h4-6H,1-3H3,(H,13,15,16). The summed E-state index contributed by atoms with van der Waals surface area (Å²) in [4.78, 5) is 22.6. The van der Waals surface area contributed by atoms with Crippen molar-refractivity contribution in [1.29, 1.82) is 0 Å². The Morgan fingerprint density at radius 1 is 1.30 bits per heavy atom. The molecule has 8 nitrogen and oxygen atoms in total. The van der Waals surface area contributed by atoms with Crippen molar-refractivity contribution in [2.45, 2.75) is 13.8 Å². The first-order chi connectivity index (χ1) is 9.52. The number of rotatable bonds is 4. The van der Waals surface area contributed by atoms with Gasteiger partial charge < -0.3 is 10.1 Å². The highest BCUT2D eigenvalue weighted by Gasteiger charge is 2.24. The Morgan fingerprint density at radius 3 is 2.65 bits per heavy atom.